The Labute approximate surface area is 139 Å². The summed E-state index contributed by atoms with van der Waals surface area (Å²) < 4.78 is 1.09. The number of nitrogen functional groups attached to an aromatic ring is 1. The lowest BCUT2D eigenvalue weighted by atomic mass is 10.1. The molecule has 0 saturated carbocycles. The maximum Gasteiger partial charge on any atom is 0.280 e. The second-order valence-corrected chi connectivity index (χ2v) is 6.11. The van der Waals surface area contributed by atoms with Gasteiger partial charge >= 0.3 is 0 Å². The normalized spacial score (nSPS) is 11.1. The van der Waals surface area contributed by atoms with Crippen LogP contribution in [0.15, 0.2) is 41.2 Å². The number of hydrogen-bond donors (Lipinski definition) is 1. The molecule has 1 aromatic heterocycles. The lowest BCUT2D eigenvalue weighted by Crippen LogP contribution is -2.30. The molecular formula is C18H18ClN3O. The predicted octanol–water partition coefficient (Wildman–Crippen LogP) is 3.69. The van der Waals surface area contributed by atoms with E-state index in [1.165, 1.54) is 5.56 Å². The van der Waals surface area contributed by atoms with Crippen LogP contribution in [-0.2, 0) is 6.42 Å². The summed E-state index contributed by atoms with van der Waals surface area (Å²) in [5, 5.41) is 0.939. The minimum atomic E-state index is -0.298. The number of aryl methyl sites for hydroxylation is 2. The molecule has 2 N–H and O–H groups in total. The van der Waals surface area contributed by atoms with Crippen molar-refractivity contribution >= 4 is 22.5 Å². The Morgan fingerprint density at radius 3 is 2.57 bits per heavy atom. The Morgan fingerprint density at radius 1 is 1.22 bits per heavy atom. The maximum absolute atomic E-state index is 12.5. The first kappa shape index (κ1) is 15.6. The van der Waals surface area contributed by atoms with Crippen molar-refractivity contribution in [1.29, 1.82) is 0 Å². The number of rotatable bonds is 3. The first-order chi connectivity index (χ1) is 11.0. The molecule has 0 saturated heterocycles. The van der Waals surface area contributed by atoms with Crippen LogP contribution in [0.1, 0.15) is 24.5 Å². The van der Waals surface area contributed by atoms with Gasteiger partial charge in [-0.25, -0.2) is 9.66 Å². The van der Waals surface area contributed by atoms with Gasteiger partial charge in [-0.05, 0) is 36.6 Å². The molecule has 0 bridgehead atoms. The van der Waals surface area contributed by atoms with Crippen LogP contribution in [0.2, 0.25) is 5.02 Å². The summed E-state index contributed by atoms with van der Waals surface area (Å²) in [5.41, 5.74) is 3.27. The zero-order chi connectivity index (χ0) is 16.6. The number of benzene rings is 2. The summed E-state index contributed by atoms with van der Waals surface area (Å²) in [6.07, 6.45) is 2.12. The minimum absolute atomic E-state index is 0.298. The third-order valence-electron chi connectivity index (χ3n) is 3.91. The molecule has 3 aromatic rings. The van der Waals surface area contributed by atoms with Gasteiger partial charge in [-0.15, -0.1) is 0 Å². The Kier molecular flexibility index (Phi) is 4.09. The van der Waals surface area contributed by atoms with E-state index in [0.29, 0.717) is 21.7 Å². The molecule has 5 heteroatoms. The molecular weight excluding hydrogens is 310 g/mol. The fraction of sp³-hybridized carbons (Fsp3) is 0.222. The van der Waals surface area contributed by atoms with Gasteiger partial charge in [0.15, 0.2) is 5.82 Å². The van der Waals surface area contributed by atoms with E-state index in [9.17, 15) is 4.79 Å². The maximum atomic E-state index is 12.5. The monoisotopic (exact) mass is 327 g/mol. The molecule has 0 fully saturated rings. The van der Waals surface area contributed by atoms with Crippen LogP contribution in [-0.4, -0.2) is 9.66 Å². The molecule has 0 amide bonds. The molecule has 23 heavy (non-hydrogen) atoms. The number of aromatic nitrogens is 2. The first-order valence-electron chi connectivity index (χ1n) is 7.58. The van der Waals surface area contributed by atoms with Crippen LogP contribution in [0, 0.1) is 6.92 Å². The highest BCUT2D eigenvalue weighted by molar-refractivity contribution is 6.31. The van der Waals surface area contributed by atoms with Crippen molar-refractivity contribution in [3.63, 3.8) is 0 Å². The Balaban J connectivity index is 2.22. The van der Waals surface area contributed by atoms with Crippen molar-refractivity contribution in [3.8, 4) is 11.4 Å². The smallest absolute Gasteiger partial charge is 0.280 e. The van der Waals surface area contributed by atoms with Gasteiger partial charge in [0.05, 0.1) is 10.9 Å². The first-order valence-corrected chi connectivity index (χ1v) is 7.96. The van der Waals surface area contributed by atoms with Crippen molar-refractivity contribution in [2.75, 3.05) is 5.84 Å². The highest BCUT2D eigenvalue weighted by atomic mass is 35.5. The average molecular weight is 328 g/mol. The summed E-state index contributed by atoms with van der Waals surface area (Å²) in [4.78, 5) is 17.1. The van der Waals surface area contributed by atoms with E-state index in [0.717, 1.165) is 28.6 Å². The molecule has 3 rings (SSSR count). The van der Waals surface area contributed by atoms with E-state index in [-0.39, 0.29) is 5.56 Å². The number of fused-ring (bicyclic) bond motifs is 1. The third kappa shape index (κ3) is 2.82. The predicted molar refractivity (Wildman–Crippen MR) is 95.3 cm³/mol. The summed E-state index contributed by atoms with van der Waals surface area (Å²) in [6, 6.07) is 11.4. The standard InChI is InChI=1S/C18H18ClN3O/c1-3-4-12-5-7-13(8-6-12)17-21-16-11(2)9-14(19)10-15(16)18(23)22(17)20/h5-10H,3-4,20H2,1-2H3. The minimum Gasteiger partial charge on any atom is -0.334 e. The lowest BCUT2D eigenvalue weighted by Gasteiger charge is -2.11. The topological polar surface area (TPSA) is 60.9 Å². The second-order valence-electron chi connectivity index (χ2n) is 5.68. The average Bonchev–Trinajstić information content (AvgIpc) is 2.53. The largest absolute Gasteiger partial charge is 0.334 e. The molecule has 0 aliphatic carbocycles. The van der Waals surface area contributed by atoms with E-state index >= 15 is 0 Å². The summed E-state index contributed by atoms with van der Waals surface area (Å²) in [6.45, 7) is 4.03. The molecule has 1 heterocycles. The van der Waals surface area contributed by atoms with Crippen molar-refractivity contribution < 1.29 is 0 Å². The lowest BCUT2D eigenvalue weighted by molar-refractivity contribution is 0.916. The second kappa shape index (κ2) is 6.05. The zero-order valence-corrected chi connectivity index (χ0v) is 13.9. The van der Waals surface area contributed by atoms with Gasteiger partial charge in [-0.1, -0.05) is 49.2 Å². The van der Waals surface area contributed by atoms with Gasteiger partial charge in [0.25, 0.3) is 5.56 Å². The van der Waals surface area contributed by atoms with Gasteiger partial charge < -0.3 is 5.84 Å². The van der Waals surface area contributed by atoms with Gasteiger partial charge in [0.2, 0.25) is 0 Å². The van der Waals surface area contributed by atoms with Crippen LogP contribution in [0.4, 0.5) is 0 Å². The summed E-state index contributed by atoms with van der Waals surface area (Å²) in [7, 11) is 0. The number of halogens is 1. The number of nitrogens with zero attached hydrogens (tertiary/aromatic N) is 2. The van der Waals surface area contributed by atoms with Gasteiger partial charge in [0.1, 0.15) is 0 Å². The zero-order valence-electron chi connectivity index (χ0n) is 13.1. The number of hydrogen-bond acceptors (Lipinski definition) is 3. The van der Waals surface area contributed by atoms with Crippen molar-refractivity contribution in [2.24, 2.45) is 0 Å². The summed E-state index contributed by atoms with van der Waals surface area (Å²) >= 11 is 6.04. The van der Waals surface area contributed by atoms with Crippen molar-refractivity contribution in [3.05, 3.63) is 62.9 Å². The van der Waals surface area contributed by atoms with Crippen molar-refractivity contribution in [1.82, 2.24) is 9.66 Å². The molecule has 0 atom stereocenters. The third-order valence-corrected chi connectivity index (χ3v) is 4.13. The Hall–Kier alpha value is -2.33. The SMILES string of the molecule is CCCc1ccc(-c2nc3c(C)cc(Cl)cc3c(=O)n2N)cc1. The quantitative estimate of drug-likeness (QED) is 0.746. The van der Waals surface area contributed by atoms with E-state index in [2.05, 4.69) is 11.9 Å². The highest BCUT2D eigenvalue weighted by Gasteiger charge is 2.13. The Morgan fingerprint density at radius 2 is 1.91 bits per heavy atom. The molecule has 118 valence electrons. The van der Waals surface area contributed by atoms with E-state index < -0.39 is 0 Å². The van der Waals surface area contributed by atoms with Gasteiger partial charge in [-0.2, -0.15) is 0 Å². The van der Waals surface area contributed by atoms with E-state index in [1.807, 2.05) is 31.2 Å². The van der Waals surface area contributed by atoms with Crippen LogP contribution >= 0.6 is 11.6 Å². The molecule has 0 aliphatic heterocycles. The van der Waals surface area contributed by atoms with Gasteiger partial charge in [0, 0.05) is 10.6 Å². The molecule has 0 unspecified atom stereocenters. The fourth-order valence-corrected chi connectivity index (χ4v) is 3.02. The molecule has 2 aromatic carbocycles. The van der Waals surface area contributed by atoms with E-state index in [4.69, 9.17) is 17.4 Å². The van der Waals surface area contributed by atoms with Crippen LogP contribution in [0.25, 0.3) is 22.3 Å². The Bertz CT molecular complexity index is 930. The molecule has 4 nitrogen and oxygen atoms in total. The molecule has 0 radical (unpaired) electrons. The highest BCUT2D eigenvalue weighted by Crippen LogP contribution is 2.23. The molecule has 0 aliphatic rings. The van der Waals surface area contributed by atoms with Crippen LogP contribution in [0.5, 0.6) is 0 Å². The van der Waals surface area contributed by atoms with Crippen molar-refractivity contribution in [2.45, 2.75) is 26.7 Å². The summed E-state index contributed by atoms with van der Waals surface area (Å²) in [5.74, 6) is 6.43. The van der Waals surface area contributed by atoms with E-state index in [1.54, 1.807) is 12.1 Å². The van der Waals surface area contributed by atoms with Crippen LogP contribution in [0.3, 0.4) is 0 Å². The number of nitrogens with two attached hydrogens (primary N) is 1. The molecule has 0 spiro atoms. The van der Waals surface area contributed by atoms with Crippen LogP contribution < -0.4 is 11.4 Å². The fourth-order valence-electron chi connectivity index (χ4n) is 2.75. The van der Waals surface area contributed by atoms with Gasteiger partial charge in [-0.3, -0.25) is 4.79 Å².